The molecule has 3 heteroatoms. The zero-order valence-electron chi connectivity index (χ0n) is 11.2. The lowest BCUT2D eigenvalue weighted by molar-refractivity contribution is 0.410. The van der Waals surface area contributed by atoms with E-state index in [2.05, 4.69) is 35.8 Å². The zero-order chi connectivity index (χ0) is 14.0. The van der Waals surface area contributed by atoms with Gasteiger partial charge in [-0.15, -0.1) is 0 Å². The number of ether oxygens (including phenoxy) is 1. The average Bonchev–Trinajstić information content (AvgIpc) is 2.42. The molecule has 0 amide bonds. The number of hydrogen-bond acceptors (Lipinski definition) is 1. The third-order valence-electron chi connectivity index (χ3n) is 3.30. The first-order valence-electron chi connectivity index (χ1n) is 6.08. The summed E-state index contributed by atoms with van der Waals surface area (Å²) in [6.45, 7) is 4.16. The van der Waals surface area contributed by atoms with E-state index in [9.17, 15) is 0 Å². The smallest absolute Gasteiger partial charge is 0.123 e. The number of methoxy groups -OCH3 is 1. The molecule has 2 aromatic carbocycles. The van der Waals surface area contributed by atoms with Crippen molar-refractivity contribution in [2.45, 2.75) is 18.7 Å². The van der Waals surface area contributed by atoms with Crippen LogP contribution >= 0.6 is 27.5 Å². The first-order chi connectivity index (χ1) is 9.04. The van der Waals surface area contributed by atoms with Gasteiger partial charge in [0.2, 0.25) is 0 Å². The SMILES string of the molecule is COc1ccccc1C(Br)c1cc(C)c(C)cc1Cl. The van der Waals surface area contributed by atoms with Crippen molar-refractivity contribution in [1.82, 2.24) is 0 Å². The van der Waals surface area contributed by atoms with Gasteiger partial charge in [-0.2, -0.15) is 0 Å². The van der Waals surface area contributed by atoms with E-state index in [1.54, 1.807) is 7.11 Å². The number of rotatable bonds is 3. The second-order valence-electron chi connectivity index (χ2n) is 4.56. The van der Waals surface area contributed by atoms with Crippen LogP contribution in [0.2, 0.25) is 5.02 Å². The van der Waals surface area contributed by atoms with Gasteiger partial charge in [-0.1, -0.05) is 51.8 Å². The van der Waals surface area contributed by atoms with Crippen molar-refractivity contribution in [3.8, 4) is 5.75 Å². The van der Waals surface area contributed by atoms with Crippen LogP contribution < -0.4 is 4.74 Å². The summed E-state index contributed by atoms with van der Waals surface area (Å²) in [5.74, 6) is 0.860. The predicted octanol–water partition coefficient (Wildman–Crippen LogP) is 5.45. The normalized spacial score (nSPS) is 12.3. The van der Waals surface area contributed by atoms with Gasteiger partial charge in [-0.25, -0.2) is 0 Å². The van der Waals surface area contributed by atoms with Crippen LogP contribution in [0, 0.1) is 13.8 Å². The molecule has 0 N–H and O–H groups in total. The van der Waals surface area contributed by atoms with Gasteiger partial charge in [0.1, 0.15) is 5.75 Å². The Morgan fingerprint density at radius 3 is 2.37 bits per heavy atom. The lowest BCUT2D eigenvalue weighted by Crippen LogP contribution is -1.99. The average molecular weight is 340 g/mol. The molecule has 0 saturated heterocycles. The molecule has 0 aliphatic heterocycles. The van der Waals surface area contributed by atoms with Gasteiger partial charge in [0, 0.05) is 10.6 Å². The molecular formula is C16H16BrClO. The first-order valence-corrected chi connectivity index (χ1v) is 7.37. The quantitative estimate of drug-likeness (QED) is 0.676. The Morgan fingerprint density at radius 1 is 1.05 bits per heavy atom. The topological polar surface area (TPSA) is 9.23 Å². The molecule has 0 radical (unpaired) electrons. The highest BCUT2D eigenvalue weighted by Gasteiger charge is 2.18. The fraction of sp³-hybridized carbons (Fsp3) is 0.250. The van der Waals surface area contributed by atoms with Gasteiger partial charge < -0.3 is 4.74 Å². The van der Waals surface area contributed by atoms with E-state index in [1.165, 1.54) is 11.1 Å². The van der Waals surface area contributed by atoms with Crippen molar-refractivity contribution < 1.29 is 4.74 Å². The molecule has 0 heterocycles. The summed E-state index contributed by atoms with van der Waals surface area (Å²) in [5.41, 5.74) is 4.58. The molecule has 1 atom stereocenters. The molecule has 100 valence electrons. The molecule has 0 aromatic heterocycles. The molecule has 0 aliphatic carbocycles. The van der Waals surface area contributed by atoms with Crippen LogP contribution in [0.5, 0.6) is 5.75 Å². The summed E-state index contributed by atoms with van der Waals surface area (Å²) in [6.07, 6.45) is 0. The number of halogens is 2. The molecule has 19 heavy (non-hydrogen) atoms. The lowest BCUT2D eigenvalue weighted by atomic mass is 9.99. The van der Waals surface area contributed by atoms with Crippen LogP contribution in [-0.4, -0.2) is 7.11 Å². The minimum Gasteiger partial charge on any atom is -0.496 e. The zero-order valence-corrected chi connectivity index (χ0v) is 13.5. The molecule has 0 saturated carbocycles. The summed E-state index contributed by atoms with van der Waals surface area (Å²) in [4.78, 5) is 0.0236. The minimum absolute atomic E-state index is 0.0236. The van der Waals surface area contributed by atoms with E-state index in [-0.39, 0.29) is 4.83 Å². The summed E-state index contributed by atoms with van der Waals surface area (Å²) < 4.78 is 5.41. The van der Waals surface area contributed by atoms with Gasteiger partial charge >= 0.3 is 0 Å². The van der Waals surface area contributed by atoms with E-state index < -0.39 is 0 Å². The van der Waals surface area contributed by atoms with E-state index in [4.69, 9.17) is 16.3 Å². The van der Waals surface area contributed by atoms with Crippen LogP contribution in [0.25, 0.3) is 0 Å². The second kappa shape index (κ2) is 5.98. The van der Waals surface area contributed by atoms with Crippen molar-refractivity contribution in [2.75, 3.05) is 7.11 Å². The van der Waals surface area contributed by atoms with Crippen LogP contribution in [0.15, 0.2) is 36.4 Å². The van der Waals surface area contributed by atoms with E-state index >= 15 is 0 Å². The molecule has 2 rings (SSSR count). The highest BCUT2D eigenvalue weighted by atomic mass is 79.9. The van der Waals surface area contributed by atoms with Crippen molar-refractivity contribution in [3.63, 3.8) is 0 Å². The number of alkyl halides is 1. The summed E-state index contributed by atoms with van der Waals surface area (Å²) in [5, 5.41) is 0.774. The Morgan fingerprint density at radius 2 is 1.68 bits per heavy atom. The van der Waals surface area contributed by atoms with Crippen LogP contribution in [0.1, 0.15) is 27.1 Å². The Hall–Kier alpha value is -0.990. The van der Waals surface area contributed by atoms with Gasteiger partial charge in [-0.05, 0) is 42.7 Å². The van der Waals surface area contributed by atoms with E-state index in [1.807, 2.05) is 30.3 Å². The maximum absolute atomic E-state index is 6.37. The minimum atomic E-state index is 0.0236. The molecule has 0 spiro atoms. The molecule has 1 nitrogen and oxygen atoms in total. The fourth-order valence-corrected chi connectivity index (χ4v) is 3.26. The Kier molecular flexibility index (Phi) is 4.54. The predicted molar refractivity (Wildman–Crippen MR) is 84.7 cm³/mol. The van der Waals surface area contributed by atoms with Crippen molar-refractivity contribution in [3.05, 3.63) is 63.7 Å². The molecular weight excluding hydrogens is 324 g/mol. The van der Waals surface area contributed by atoms with Crippen LogP contribution in [0.4, 0.5) is 0 Å². The molecule has 0 bridgehead atoms. The fourth-order valence-electron chi connectivity index (χ4n) is 2.04. The summed E-state index contributed by atoms with van der Waals surface area (Å²) in [6, 6.07) is 12.1. The Balaban J connectivity index is 2.50. The first kappa shape index (κ1) is 14.4. The standard InChI is InChI=1S/C16H16BrClO/c1-10-8-13(14(18)9-11(10)2)16(17)12-6-4-5-7-15(12)19-3/h4-9,16H,1-3H3. The number of para-hydroxylation sites is 1. The maximum atomic E-state index is 6.37. The van der Waals surface area contributed by atoms with Gasteiger partial charge in [0.25, 0.3) is 0 Å². The molecule has 1 unspecified atom stereocenters. The van der Waals surface area contributed by atoms with E-state index in [0.717, 1.165) is 21.9 Å². The van der Waals surface area contributed by atoms with Crippen molar-refractivity contribution in [1.29, 1.82) is 0 Å². The third-order valence-corrected chi connectivity index (χ3v) is 4.61. The number of aryl methyl sites for hydroxylation is 2. The molecule has 0 aliphatic rings. The number of benzene rings is 2. The largest absolute Gasteiger partial charge is 0.496 e. The van der Waals surface area contributed by atoms with Gasteiger partial charge in [0.15, 0.2) is 0 Å². The molecule has 0 fully saturated rings. The highest BCUT2D eigenvalue weighted by molar-refractivity contribution is 9.09. The third kappa shape index (κ3) is 2.96. The van der Waals surface area contributed by atoms with Crippen LogP contribution in [0.3, 0.4) is 0 Å². The summed E-state index contributed by atoms with van der Waals surface area (Å²) >= 11 is 10.1. The van der Waals surface area contributed by atoms with E-state index in [0.29, 0.717) is 0 Å². The van der Waals surface area contributed by atoms with Crippen molar-refractivity contribution >= 4 is 27.5 Å². The number of hydrogen-bond donors (Lipinski definition) is 0. The van der Waals surface area contributed by atoms with Gasteiger partial charge in [0.05, 0.1) is 11.9 Å². The summed E-state index contributed by atoms with van der Waals surface area (Å²) in [7, 11) is 1.68. The monoisotopic (exact) mass is 338 g/mol. The van der Waals surface area contributed by atoms with Crippen LogP contribution in [-0.2, 0) is 0 Å². The second-order valence-corrected chi connectivity index (χ2v) is 5.89. The van der Waals surface area contributed by atoms with Gasteiger partial charge in [-0.3, -0.25) is 0 Å². The lowest BCUT2D eigenvalue weighted by Gasteiger charge is -2.17. The Bertz CT molecular complexity index is 595. The maximum Gasteiger partial charge on any atom is 0.123 e. The van der Waals surface area contributed by atoms with Crippen molar-refractivity contribution in [2.24, 2.45) is 0 Å². The Labute approximate surface area is 127 Å². The molecule has 2 aromatic rings. The highest BCUT2D eigenvalue weighted by Crippen LogP contribution is 2.40.